The van der Waals surface area contributed by atoms with Crippen molar-refractivity contribution in [3.8, 4) is 0 Å². The lowest BCUT2D eigenvalue weighted by Crippen LogP contribution is -1.99. The average molecular weight is 1350 g/mol. The minimum Gasteiger partial charge on any atom is -0.465 e. The SMILES string of the molecule is C.CC(C)/C=C/c1ccco1.CC(C)c1cn[nH]n1.Cc1cc(C(C)C)n(C)n1.Cc1cc(C(C)C)no1.Cc1cc(C(C)C)on1.Cc1cncc(C(C)C)c1.Cc1nc(C)c(C(C)C)s1.Cc1nnc(C(C)C)s1.Cc1noc(C(C)C)n1.Cc1onc(C(C)C)c1C. The fraction of sp³-hybridized carbons (Fsp3) is 0.568. The van der Waals surface area contributed by atoms with Gasteiger partial charge in [0.2, 0.25) is 5.89 Å². The highest BCUT2D eigenvalue weighted by Gasteiger charge is 2.12. The summed E-state index contributed by atoms with van der Waals surface area (Å²) < 4.78 is 26.8. The van der Waals surface area contributed by atoms with Crippen LogP contribution in [0.2, 0.25) is 0 Å². The molecule has 0 bridgehead atoms. The van der Waals surface area contributed by atoms with Crippen LogP contribution in [0.15, 0.2) is 89.8 Å². The van der Waals surface area contributed by atoms with Gasteiger partial charge in [-0.15, -0.1) is 32.9 Å². The van der Waals surface area contributed by atoms with Crippen molar-refractivity contribution in [2.45, 2.75) is 268 Å². The summed E-state index contributed by atoms with van der Waals surface area (Å²) in [5, 5.41) is 40.8. The molecule has 19 nitrogen and oxygen atoms in total. The number of aryl methyl sites for hydroxylation is 10. The van der Waals surface area contributed by atoms with E-state index in [2.05, 4.69) is 230 Å². The zero-order valence-corrected chi connectivity index (χ0v) is 64.5. The van der Waals surface area contributed by atoms with E-state index in [1.54, 1.807) is 23.8 Å². The van der Waals surface area contributed by atoms with Crippen molar-refractivity contribution in [1.29, 1.82) is 0 Å². The molecule has 528 valence electrons. The second kappa shape index (κ2) is 45.8. The molecule has 0 saturated heterocycles. The summed E-state index contributed by atoms with van der Waals surface area (Å²) in [5.74, 6) is 10.3. The number of hydrogen-bond donors (Lipinski definition) is 1. The summed E-state index contributed by atoms with van der Waals surface area (Å²) in [5.41, 5.74) is 11.5. The highest BCUT2D eigenvalue weighted by atomic mass is 32.1. The third-order valence-corrected chi connectivity index (χ3v) is 15.6. The Hall–Kier alpha value is -7.52. The van der Waals surface area contributed by atoms with Crippen LogP contribution in [0.5, 0.6) is 0 Å². The van der Waals surface area contributed by atoms with E-state index in [1.165, 1.54) is 38.0 Å². The molecular formula is C74H120N14O5S2. The van der Waals surface area contributed by atoms with Crippen molar-refractivity contribution in [2.75, 3.05) is 0 Å². The van der Waals surface area contributed by atoms with Crippen LogP contribution in [0.1, 0.15) is 310 Å². The molecule has 95 heavy (non-hydrogen) atoms. The number of H-pyrrole nitrogens is 1. The quantitative estimate of drug-likeness (QED) is 0.127. The van der Waals surface area contributed by atoms with Crippen molar-refractivity contribution < 1.29 is 22.5 Å². The lowest BCUT2D eigenvalue weighted by atomic mass is 10.0. The van der Waals surface area contributed by atoms with Crippen LogP contribution in [0.3, 0.4) is 0 Å². The number of allylic oxidation sites excluding steroid dienone is 1. The maximum absolute atomic E-state index is 5.10. The largest absolute Gasteiger partial charge is 0.465 e. The molecule has 0 aliphatic carbocycles. The lowest BCUT2D eigenvalue weighted by Gasteiger charge is -2.03. The number of pyridine rings is 1. The van der Waals surface area contributed by atoms with Crippen molar-refractivity contribution in [2.24, 2.45) is 13.0 Å². The first-order valence-electron chi connectivity index (χ1n) is 32.8. The van der Waals surface area contributed by atoms with E-state index < -0.39 is 0 Å². The fourth-order valence-corrected chi connectivity index (χ4v) is 9.32. The monoisotopic (exact) mass is 1350 g/mol. The van der Waals surface area contributed by atoms with Crippen LogP contribution in [0, 0.1) is 75.2 Å². The maximum Gasteiger partial charge on any atom is 0.229 e. The molecule has 0 aromatic carbocycles. The third kappa shape index (κ3) is 36.3. The number of furan rings is 1. The summed E-state index contributed by atoms with van der Waals surface area (Å²) in [4.78, 5) is 13.9. The van der Waals surface area contributed by atoms with Gasteiger partial charge in [-0.25, -0.2) is 4.98 Å². The van der Waals surface area contributed by atoms with Crippen molar-refractivity contribution in [3.63, 3.8) is 0 Å². The van der Waals surface area contributed by atoms with E-state index in [9.17, 15) is 0 Å². The zero-order valence-electron chi connectivity index (χ0n) is 62.9. The van der Waals surface area contributed by atoms with Crippen molar-refractivity contribution in [1.82, 2.24) is 71.0 Å². The van der Waals surface area contributed by atoms with Gasteiger partial charge in [-0.2, -0.15) is 25.5 Å². The number of nitrogens with one attached hydrogen (secondary N) is 1. The van der Waals surface area contributed by atoms with Crippen molar-refractivity contribution >= 4 is 28.7 Å². The molecule has 0 amide bonds. The second-order valence-electron chi connectivity index (χ2n) is 26.0. The van der Waals surface area contributed by atoms with E-state index in [1.807, 2.05) is 128 Å². The molecule has 1 N–H and O–H groups in total. The molecule has 0 aliphatic rings. The van der Waals surface area contributed by atoms with Crippen LogP contribution in [0.4, 0.5) is 0 Å². The smallest absolute Gasteiger partial charge is 0.229 e. The maximum atomic E-state index is 5.10. The summed E-state index contributed by atoms with van der Waals surface area (Å²) in [6.45, 7) is 62.3. The van der Waals surface area contributed by atoms with Crippen LogP contribution in [-0.2, 0) is 7.05 Å². The number of hydrogen-bond acceptors (Lipinski definition) is 19. The van der Waals surface area contributed by atoms with E-state index in [-0.39, 0.29) is 7.43 Å². The number of aromatic nitrogens is 14. The van der Waals surface area contributed by atoms with Gasteiger partial charge in [0.1, 0.15) is 33.1 Å². The van der Waals surface area contributed by atoms with Crippen LogP contribution in [-0.4, -0.2) is 71.0 Å². The molecule has 21 heteroatoms. The van der Waals surface area contributed by atoms with Gasteiger partial charge in [-0.1, -0.05) is 179 Å². The number of rotatable bonds is 11. The van der Waals surface area contributed by atoms with Gasteiger partial charge in [-0.05, 0) is 146 Å². The summed E-state index contributed by atoms with van der Waals surface area (Å²) in [6, 6.07) is 12.1. The highest BCUT2D eigenvalue weighted by molar-refractivity contribution is 7.11. The van der Waals surface area contributed by atoms with E-state index in [4.69, 9.17) is 22.5 Å². The number of thiazole rings is 1. The number of aromatic amines is 1. The lowest BCUT2D eigenvalue weighted by molar-refractivity contribution is 0.362. The van der Waals surface area contributed by atoms with Gasteiger partial charge in [0.25, 0.3) is 0 Å². The van der Waals surface area contributed by atoms with E-state index in [0.29, 0.717) is 70.9 Å². The number of nitrogens with zero attached hydrogens (tertiary/aromatic N) is 13. The second-order valence-corrected chi connectivity index (χ2v) is 28.5. The standard InChI is InChI=1S/C9H13N.C9H12O.C8H14N2.C8H13NO.C8H13NS.2C7H11NO.C6H10N2O.C6H10N2S.C5H9N3.CH4/c1-7(2)9-4-8(3)5-10-6-9;1-8(2)5-6-9-4-3-7-10-9;1-6(2)8-5-7(3)9-10(8)4;1-5(2)8-6(3)7(4)10-9-8;1-5(2)8-6(3)9-7(4)10-8;1-5(2)7-4-6(3)9-8-7;1-5(2)7-4-6(3)8-9-7;1-4(2)6-7-5(3)8-9-6;1-4(2)6-8-7-5(3)9-6;1-4(2)5-3-6-8-7-5;/h4-7H,1-3H3;3-8H,1-2H3;5-6H,1-4H3;2*5H,1-4H3;2*4-5H,1-3H3;2*4H,1-3H3;3-4H,1-2H3,(H,6,7,8);1H4/b;6-5+;;;;;;;;;. The van der Waals surface area contributed by atoms with Gasteiger partial charge in [0.05, 0.1) is 51.6 Å². The first-order valence-corrected chi connectivity index (χ1v) is 34.4. The molecule has 0 fully saturated rings. The Balaban J connectivity index is 0.00000103. The molecule has 10 rings (SSSR count). The predicted octanol–water partition coefficient (Wildman–Crippen LogP) is 21.9. The Morgan fingerprint density at radius 2 is 1.20 bits per heavy atom. The Morgan fingerprint density at radius 1 is 0.547 bits per heavy atom. The van der Waals surface area contributed by atoms with Gasteiger partial charge in [0, 0.05) is 65.5 Å². The molecule has 0 radical (unpaired) electrons. The van der Waals surface area contributed by atoms with Crippen LogP contribution < -0.4 is 0 Å². The highest BCUT2D eigenvalue weighted by Crippen LogP contribution is 2.26. The molecule has 0 aliphatic heterocycles. The Bertz CT molecular complexity index is 3310. The van der Waals surface area contributed by atoms with Crippen molar-refractivity contribution in [3.05, 3.63) is 179 Å². The molecular weight excluding hydrogens is 1230 g/mol. The topological polar surface area (TPSA) is 241 Å². The summed E-state index contributed by atoms with van der Waals surface area (Å²) in [6.07, 6.45) is 11.3. The first-order chi connectivity index (χ1) is 43.9. The molecule has 0 saturated carbocycles. The summed E-state index contributed by atoms with van der Waals surface area (Å²) >= 11 is 3.48. The Morgan fingerprint density at radius 3 is 1.46 bits per heavy atom. The first kappa shape index (κ1) is 87.5. The van der Waals surface area contributed by atoms with Gasteiger partial charge in [0.15, 0.2) is 5.82 Å². The van der Waals surface area contributed by atoms with E-state index in [0.717, 1.165) is 61.5 Å². The fourth-order valence-electron chi connectivity index (χ4n) is 7.69. The van der Waals surface area contributed by atoms with Crippen LogP contribution >= 0.6 is 22.7 Å². The minimum atomic E-state index is 0. The Kier molecular flexibility index (Phi) is 42.2. The molecule has 0 spiro atoms. The molecule has 0 unspecified atom stereocenters. The molecule has 10 aromatic rings. The van der Waals surface area contributed by atoms with Gasteiger partial charge >= 0.3 is 0 Å². The molecule has 0 atom stereocenters. The molecule has 10 aromatic heterocycles. The molecule has 10 heterocycles. The van der Waals surface area contributed by atoms with Crippen LogP contribution in [0.25, 0.3) is 6.08 Å². The Labute approximate surface area is 579 Å². The van der Waals surface area contributed by atoms with Gasteiger partial charge in [-0.3, -0.25) is 9.67 Å². The normalized spacial score (nSPS) is 10.7. The minimum absolute atomic E-state index is 0. The van der Waals surface area contributed by atoms with E-state index >= 15 is 0 Å². The van der Waals surface area contributed by atoms with Gasteiger partial charge < -0.3 is 22.5 Å². The zero-order chi connectivity index (χ0) is 71.5. The third-order valence-electron chi connectivity index (χ3n) is 13.1. The predicted molar refractivity (Wildman–Crippen MR) is 393 cm³/mol. The average Bonchev–Trinajstić information content (AvgIpc) is 1.96. The summed E-state index contributed by atoms with van der Waals surface area (Å²) in [7, 11) is 1.99.